The highest BCUT2D eigenvalue weighted by molar-refractivity contribution is 5.81. The summed E-state index contributed by atoms with van der Waals surface area (Å²) < 4.78 is 12.9. The van der Waals surface area contributed by atoms with Crippen LogP contribution in [0.25, 0.3) is 0 Å². The van der Waals surface area contributed by atoms with E-state index in [2.05, 4.69) is 4.98 Å². The van der Waals surface area contributed by atoms with Crippen LogP contribution in [0.5, 0.6) is 0 Å². The highest BCUT2D eigenvalue weighted by atomic mass is 19.1. The highest BCUT2D eigenvalue weighted by Crippen LogP contribution is 2.07. The zero-order valence-corrected chi connectivity index (χ0v) is 9.97. The lowest BCUT2D eigenvalue weighted by Gasteiger charge is -2.02. The third-order valence-corrected chi connectivity index (χ3v) is 2.71. The van der Waals surface area contributed by atoms with Crippen LogP contribution in [0.4, 0.5) is 4.39 Å². The van der Waals surface area contributed by atoms with E-state index in [4.69, 9.17) is 0 Å². The van der Waals surface area contributed by atoms with Crippen LogP contribution in [0, 0.1) is 5.82 Å². The van der Waals surface area contributed by atoms with Crippen LogP contribution in [-0.4, -0.2) is 10.8 Å². The van der Waals surface area contributed by atoms with Crippen molar-refractivity contribution in [1.29, 1.82) is 0 Å². The van der Waals surface area contributed by atoms with Gasteiger partial charge in [0.05, 0.1) is 0 Å². The average molecular weight is 243 g/mol. The molecular weight excluding hydrogens is 229 g/mol. The second-order valence-corrected chi connectivity index (χ2v) is 4.21. The minimum atomic E-state index is -0.299. The summed E-state index contributed by atoms with van der Waals surface area (Å²) in [5, 5.41) is 0. The van der Waals surface area contributed by atoms with Gasteiger partial charge in [-0.2, -0.15) is 0 Å². The normalized spacial score (nSPS) is 10.3. The maximum atomic E-state index is 12.9. The number of carbonyl (C=O) groups excluding carboxylic acids is 1. The van der Waals surface area contributed by atoms with Gasteiger partial charge in [0.1, 0.15) is 11.6 Å². The van der Waals surface area contributed by atoms with Crippen molar-refractivity contribution in [3.8, 4) is 0 Å². The third kappa shape index (κ3) is 3.77. The number of ketones is 1. The Morgan fingerprint density at radius 3 is 2.72 bits per heavy atom. The molecule has 0 fully saturated rings. The van der Waals surface area contributed by atoms with Gasteiger partial charge >= 0.3 is 0 Å². The third-order valence-electron chi connectivity index (χ3n) is 2.71. The van der Waals surface area contributed by atoms with Gasteiger partial charge < -0.3 is 0 Å². The molecule has 1 aromatic heterocycles. The van der Waals surface area contributed by atoms with Crippen molar-refractivity contribution in [2.45, 2.75) is 19.3 Å². The van der Waals surface area contributed by atoms with Crippen LogP contribution < -0.4 is 0 Å². The Bertz CT molecular complexity index is 525. The number of benzene rings is 1. The van der Waals surface area contributed by atoms with Gasteiger partial charge in [-0.1, -0.05) is 18.2 Å². The number of carbonyl (C=O) groups is 1. The summed E-state index contributed by atoms with van der Waals surface area (Å²) in [6.07, 6.45) is 4.90. The zero-order chi connectivity index (χ0) is 12.8. The molecule has 1 heterocycles. The molecule has 0 radical (unpaired) electrons. The minimum Gasteiger partial charge on any atom is -0.299 e. The summed E-state index contributed by atoms with van der Waals surface area (Å²) in [4.78, 5) is 15.8. The molecule has 92 valence electrons. The topological polar surface area (TPSA) is 30.0 Å². The molecule has 2 nitrogen and oxygen atoms in total. The molecule has 0 spiro atoms. The molecule has 0 amide bonds. The molecule has 0 aliphatic carbocycles. The fraction of sp³-hybridized carbons (Fsp3) is 0.200. The van der Waals surface area contributed by atoms with Crippen molar-refractivity contribution >= 4 is 5.78 Å². The molecular formula is C15H14FNO. The van der Waals surface area contributed by atoms with E-state index in [9.17, 15) is 9.18 Å². The van der Waals surface area contributed by atoms with Gasteiger partial charge in [-0.25, -0.2) is 4.39 Å². The van der Waals surface area contributed by atoms with Crippen molar-refractivity contribution in [1.82, 2.24) is 4.98 Å². The first-order valence-electron chi connectivity index (χ1n) is 5.89. The van der Waals surface area contributed by atoms with Crippen LogP contribution in [0.1, 0.15) is 17.5 Å². The molecule has 0 saturated carbocycles. The number of hydrogen-bond donors (Lipinski definition) is 0. The van der Waals surface area contributed by atoms with Crippen molar-refractivity contribution in [2.24, 2.45) is 0 Å². The molecule has 2 rings (SSSR count). The minimum absolute atomic E-state index is 0.115. The lowest BCUT2D eigenvalue weighted by molar-refractivity contribution is -0.118. The summed E-state index contributed by atoms with van der Waals surface area (Å²) >= 11 is 0. The Kier molecular flexibility index (Phi) is 4.18. The van der Waals surface area contributed by atoms with E-state index in [1.165, 1.54) is 12.1 Å². The fourth-order valence-electron chi connectivity index (χ4n) is 1.79. The number of pyridine rings is 1. The first-order valence-corrected chi connectivity index (χ1v) is 5.89. The molecule has 0 saturated heterocycles. The van der Waals surface area contributed by atoms with Gasteiger partial charge in [-0.15, -0.1) is 0 Å². The highest BCUT2D eigenvalue weighted by Gasteiger charge is 2.05. The number of aryl methyl sites for hydroxylation is 1. The predicted molar refractivity (Wildman–Crippen MR) is 67.7 cm³/mol. The molecule has 2 aromatic rings. The first-order chi connectivity index (χ1) is 8.74. The molecule has 0 aliphatic heterocycles. The number of hydrogen-bond acceptors (Lipinski definition) is 2. The van der Waals surface area contributed by atoms with Crippen molar-refractivity contribution in [3.63, 3.8) is 0 Å². The molecule has 1 aromatic carbocycles. The molecule has 0 N–H and O–H groups in total. The largest absolute Gasteiger partial charge is 0.299 e. The Hall–Kier alpha value is -2.03. The summed E-state index contributed by atoms with van der Waals surface area (Å²) in [7, 11) is 0. The Balaban J connectivity index is 1.86. The van der Waals surface area contributed by atoms with E-state index < -0.39 is 0 Å². The zero-order valence-electron chi connectivity index (χ0n) is 9.97. The second kappa shape index (κ2) is 6.05. The molecule has 0 unspecified atom stereocenters. The van der Waals surface area contributed by atoms with Gasteiger partial charge in [0.25, 0.3) is 0 Å². The second-order valence-electron chi connectivity index (χ2n) is 4.21. The van der Waals surface area contributed by atoms with E-state index in [0.29, 0.717) is 12.8 Å². The quantitative estimate of drug-likeness (QED) is 0.808. The summed E-state index contributed by atoms with van der Waals surface area (Å²) in [6, 6.07) is 9.98. The lowest BCUT2D eigenvalue weighted by atomic mass is 10.0. The average Bonchev–Trinajstić information content (AvgIpc) is 2.38. The maximum Gasteiger partial charge on any atom is 0.137 e. The first kappa shape index (κ1) is 12.4. The van der Waals surface area contributed by atoms with E-state index >= 15 is 0 Å². The van der Waals surface area contributed by atoms with Gasteiger partial charge in [0.15, 0.2) is 0 Å². The molecule has 18 heavy (non-hydrogen) atoms. The molecule has 0 atom stereocenters. The van der Waals surface area contributed by atoms with Crippen LogP contribution in [0.2, 0.25) is 0 Å². The lowest BCUT2D eigenvalue weighted by Crippen LogP contribution is -2.04. The molecule has 0 bridgehead atoms. The smallest absolute Gasteiger partial charge is 0.137 e. The van der Waals surface area contributed by atoms with Crippen LogP contribution >= 0.6 is 0 Å². The van der Waals surface area contributed by atoms with Crippen molar-refractivity contribution < 1.29 is 9.18 Å². The predicted octanol–water partition coefficient (Wildman–Crippen LogP) is 2.97. The van der Waals surface area contributed by atoms with Gasteiger partial charge in [0.2, 0.25) is 0 Å². The number of rotatable bonds is 5. The number of nitrogens with zero attached hydrogens (tertiary/aromatic N) is 1. The summed E-state index contributed by atoms with van der Waals surface area (Å²) in [5.74, 6) is -0.183. The standard InChI is InChI=1S/C15H14FNO/c16-14-5-1-3-13(9-14)10-15(18)7-6-12-4-2-8-17-11-12/h1-5,8-9,11H,6-7,10H2. The van der Waals surface area contributed by atoms with Crippen LogP contribution in [-0.2, 0) is 17.6 Å². The molecule has 0 aliphatic rings. The van der Waals surface area contributed by atoms with Crippen molar-refractivity contribution in [2.75, 3.05) is 0 Å². The van der Waals surface area contributed by atoms with E-state index in [-0.39, 0.29) is 18.0 Å². The summed E-state index contributed by atoms with van der Waals surface area (Å²) in [6.45, 7) is 0. The van der Waals surface area contributed by atoms with Gasteiger partial charge in [0, 0.05) is 25.2 Å². The Morgan fingerprint density at radius 1 is 1.17 bits per heavy atom. The molecule has 3 heteroatoms. The monoisotopic (exact) mass is 243 g/mol. The fourth-order valence-corrected chi connectivity index (χ4v) is 1.79. The van der Waals surface area contributed by atoms with E-state index in [1.807, 2.05) is 12.1 Å². The van der Waals surface area contributed by atoms with Gasteiger partial charge in [-0.05, 0) is 35.7 Å². The summed E-state index contributed by atoms with van der Waals surface area (Å²) in [5.41, 5.74) is 1.77. The van der Waals surface area contributed by atoms with Crippen molar-refractivity contribution in [3.05, 3.63) is 65.7 Å². The number of aromatic nitrogens is 1. The Morgan fingerprint density at radius 2 is 2.00 bits per heavy atom. The SMILES string of the molecule is O=C(CCc1cccnc1)Cc1cccc(F)c1. The maximum absolute atomic E-state index is 12.9. The van der Waals surface area contributed by atoms with E-state index in [0.717, 1.165) is 11.1 Å². The number of Topliss-reactive ketones (excluding diaryl/α,β-unsaturated/α-hetero) is 1. The van der Waals surface area contributed by atoms with E-state index in [1.54, 1.807) is 24.5 Å². The van der Waals surface area contributed by atoms with Crippen LogP contribution in [0.15, 0.2) is 48.8 Å². The van der Waals surface area contributed by atoms with Gasteiger partial charge in [-0.3, -0.25) is 9.78 Å². The Labute approximate surface area is 105 Å². The number of halogens is 1. The van der Waals surface area contributed by atoms with Crippen LogP contribution in [0.3, 0.4) is 0 Å².